The second-order valence-corrected chi connectivity index (χ2v) is 11.5. The van der Waals surface area contributed by atoms with Gasteiger partial charge in [0.05, 0.1) is 0 Å². The SMILES string of the molecule is CC.CC(=O)c1ccc(-c2ccc(C3CCC3)cc2)cc1.CCCC1CCC1.CCCCCCC.O=CC1CC1. The molecule has 0 aromatic heterocycles. The number of hydrogen-bond donors (Lipinski definition) is 0. The lowest BCUT2D eigenvalue weighted by Crippen LogP contribution is -2.09. The van der Waals surface area contributed by atoms with Crippen molar-refractivity contribution < 1.29 is 9.59 Å². The summed E-state index contributed by atoms with van der Waals surface area (Å²) >= 11 is 0. The van der Waals surface area contributed by atoms with Gasteiger partial charge in [0.1, 0.15) is 6.29 Å². The Morgan fingerprint density at radius 1 is 0.700 bits per heavy atom. The molecule has 0 radical (unpaired) electrons. The van der Waals surface area contributed by atoms with Crippen molar-refractivity contribution in [3.05, 3.63) is 59.7 Å². The first-order chi connectivity index (χ1) is 19.5. The number of benzene rings is 2. The predicted octanol–water partition coefficient (Wildman–Crippen LogP) is 12.0. The molecule has 0 aliphatic heterocycles. The maximum atomic E-state index is 11.3. The van der Waals surface area contributed by atoms with Gasteiger partial charge < -0.3 is 4.79 Å². The number of ketones is 1. The first-order valence-electron chi connectivity index (χ1n) is 16.7. The second-order valence-electron chi connectivity index (χ2n) is 11.5. The Labute approximate surface area is 247 Å². The number of aldehydes is 1. The number of unbranched alkanes of at least 4 members (excludes halogenated alkanes) is 4. The Hall–Kier alpha value is -2.22. The van der Waals surface area contributed by atoms with Crippen LogP contribution >= 0.6 is 0 Å². The molecule has 2 heteroatoms. The molecule has 0 bridgehead atoms. The number of rotatable bonds is 10. The normalized spacial score (nSPS) is 15.6. The van der Waals surface area contributed by atoms with Crippen LogP contribution in [0.4, 0.5) is 0 Å². The molecule has 3 aliphatic carbocycles. The zero-order valence-electron chi connectivity index (χ0n) is 26.9. The van der Waals surface area contributed by atoms with E-state index in [4.69, 9.17) is 0 Å². The average Bonchev–Trinajstić information content (AvgIpc) is 3.78. The lowest BCUT2D eigenvalue weighted by Gasteiger charge is -2.25. The highest BCUT2D eigenvalue weighted by Gasteiger charge is 2.19. The Balaban J connectivity index is 0.000000313. The first kappa shape index (κ1) is 35.8. The van der Waals surface area contributed by atoms with Gasteiger partial charge in [-0.2, -0.15) is 0 Å². The van der Waals surface area contributed by atoms with E-state index >= 15 is 0 Å². The lowest BCUT2D eigenvalue weighted by atomic mass is 9.80. The van der Waals surface area contributed by atoms with Gasteiger partial charge >= 0.3 is 0 Å². The smallest absolute Gasteiger partial charge is 0.159 e. The third-order valence-corrected chi connectivity index (χ3v) is 8.06. The van der Waals surface area contributed by atoms with Crippen LogP contribution in [-0.2, 0) is 4.79 Å². The van der Waals surface area contributed by atoms with Crippen molar-refractivity contribution in [2.75, 3.05) is 0 Å². The zero-order valence-corrected chi connectivity index (χ0v) is 26.9. The number of carbonyl (C=O) groups excluding carboxylic acids is 2. The van der Waals surface area contributed by atoms with Gasteiger partial charge in [0.15, 0.2) is 5.78 Å². The van der Waals surface area contributed by atoms with Crippen LogP contribution in [0, 0.1) is 11.8 Å². The minimum absolute atomic E-state index is 0.117. The van der Waals surface area contributed by atoms with Crippen LogP contribution in [0.1, 0.15) is 160 Å². The van der Waals surface area contributed by atoms with Gasteiger partial charge in [-0.05, 0) is 61.1 Å². The third kappa shape index (κ3) is 15.0. The van der Waals surface area contributed by atoms with Crippen LogP contribution in [-0.4, -0.2) is 12.1 Å². The predicted molar refractivity (Wildman–Crippen MR) is 175 cm³/mol. The molecule has 2 aromatic rings. The van der Waals surface area contributed by atoms with Crippen molar-refractivity contribution in [1.29, 1.82) is 0 Å². The molecule has 5 rings (SSSR count). The molecule has 2 aromatic carbocycles. The highest BCUT2D eigenvalue weighted by Crippen LogP contribution is 2.37. The quantitative estimate of drug-likeness (QED) is 0.168. The summed E-state index contributed by atoms with van der Waals surface area (Å²) in [6.07, 6.45) is 21.8. The monoisotopic (exact) mass is 548 g/mol. The fraction of sp³-hybridized carbons (Fsp3) is 0.632. The molecular formula is C38H60O2. The Morgan fingerprint density at radius 3 is 1.48 bits per heavy atom. The van der Waals surface area contributed by atoms with Crippen molar-refractivity contribution in [2.24, 2.45) is 11.8 Å². The topological polar surface area (TPSA) is 34.1 Å². The molecule has 0 heterocycles. The maximum absolute atomic E-state index is 11.3. The summed E-state index contributed by atoms with van der Waals surface area (Å²) in [6, 6.07) is 16.7. The van der Waals surface area contributed by atoms with Gasteiger partial charge in [-0.15, -0.1) is 0 Å². The van der Waals surface area contributed by atoms with Gasteiger partial charge in [-0.1, -0.05) is 154 Å². The van der Waals surface area contributed by atoms with Crippen molar-refractivity contribution in [3.63, 3.8) is 0 Å². The van der Waals surface area contributed by atoms with Crippen LogP contribution in [0.15, 0.2) is 48.5 Å². The van der Waals surface area contributed by atoms with E-state index in [2.05, 4.69) is 45.0 Å². The van der Waals surface area contributed by atoms with Gasteiger partial charge in [0, 0.05) is 11.5 Å². The van der Waals surface area contributed by atoms with Gasteiger partial charge in [-0.3, -0.25) is 4.79 Å². The maximum Gasteiger partial charge on any atom is 0.159 e. The van der Waals surface area contributed by atoms with Gasteiger partial charge in [0.25, 0.3) is 0 Å². The molecule has 3 aliphatic rings. The number of carbonyl (C=O) groups is 2. The average molecular weight is 549 g/mol. The van der Waals surface area contributed by atoms with Crippen molar-refractivity contribution >= 4 is 12.1 Å². The summed E-state index contributed by atoms with van der Waals surface area (Å²) in [5.74, 6) is 2.49. The van der Waals surface area contributed by atoms with E-state index in [-0.39, 0.29) is 5.78 Å². The van der Waals surface area contributed by atoms with Crippen molar-refractivity contribution in [1.82, 2.24) is 0 Å². The zero-order chi connectivity index (χ0) is 29.6. The van der Waals surface area contributed by atoms with Gasteiger partial charge in [-0.25, -0.2) is 0 Å². The molecule has 224 valence electrons. The highest BCUT2D eigenvalue weighted by molar-refractivity contribution is 5.94. The van der Waals surface area contributed by atoms with Crippen LogP contribution in [0.3, 0.4) is 0 Å². The molecule has 2 nitrogen and oxygen atoms in total. The summed E-state index contributed by atoms with van der Waals surface area (Å²) < 4.78 is 0. The number of hydrogen-bond acceptors (Lipinski definition) is 2. The molecule has 3 fully saturated rings. The van der Waals surface area contributed by atoms with Crippen LogP contribution < -0.4 is 0 Å². The molecule has 40 heavy (non-hydrogen) atoms. The summed E-state index contributed by atoms with van der Waals surface area (Å²) in [4.78, 5) is 20.8. The fourth-order valence-electron chi connectivity index (χ4n) is 4.69. The number of Topliss-reactive ketones (excluding diaryl/α,β-unsaturated/α-hetero) is 1. The highest BCUT2D eigenvalue weighted by atomic mass is 16.1. The molecule has 0 saturated heterocycles. The van der Waals surface area contributed by atoms with Gasteiger partial charge in [0.2, 0.25) is 0 Å². The second kappa shape index (κ2) is 22.5. The summed E-state index contributed by atoms with van der Waals surface area (Å²) in [7, 11) is 0. The summed E-state index contributed by atoms with van der Waals surface area (Å²) in [5, 5.41) is 0. The van der Waals surface area contributed by atoms with E-state index < -0.39 is 0 Å². The minimum Gasteiger partial charge on any atom is -0.303 e. The summed E-state index contributed by atoms with van der Waals surface area (Å²) in [5.41, 5.74) is 4.63. The van der Waals surface area contributed by atoms with Crippen LogP contribution in [0.2, 0.25) is 0 Å². The molecule has 0 spiro atoms. The van der Waals surface area contributed by atoms with E-state index in [1.165, 1.54) is 100 Å². The fourth-order valence-corrected chi connectivity index (χ4v) is 4.69. The third-order valence-electron chi connectivity index (χ3n) is 8.06. The first-order valence-corrected chi connectivity index (χ1v) is 16.7. The van der Waals surface area contributed by atoms with Crippen LogP contribution in [0.25, 0.3) is 11.1 Å². The molecule has 0 amide bonds. The van der Waals surface area contributed by atoms with E-state index in [0.717, 1.165) is 36.5 Å². The van der Waals surface area contributed by atoms with Crippen molar-refractivity contribution in [2.45, 2.75) is 144 Å². The molecule has 3 saturated carbocycles. The van der Waals surface area contributed by atoms with Crippen LogP contribution in [0.5, 0.6) is 0 Å². The molecule has 0 atom stereocenters. The minimum atomic E-state index is 0.117. The van der Waals surface area contributed by atoms with E-state index in [1.54, 1.807) is 6.92 Å². The van der Waals surface area contributed by atoms with E-state index in [0.29, 0.717) is 5.92 Å². The largest absolute Gasteiger partial charge is 0.303 e. The Bertz CT molecular complexity index is 880. The van der Waals surface area contributed by atoms with Crippen molar-refractivity contribution in [3.8, 4) is 11.1 Å². The standard InChI is InChI=1S/C18H18O.C7H14.C7H16.C4H6O.C2H6/c1-13(19)14-5-7-17(8-6-14)18-11-9-16(10-12-18)15-3-2-4-15;1-2-4-7-5-3-6-7;1-3-5-7-6-4-2;5-3-4-1-2-4;1-2/h5-12,15H,2-4H2,1H3;7H,2-6H2,1H3;3-7H2,1-2H3;3-4H,1-2H2;1-2H3. The Kier molecular flexibility index (Phi) is 20.1. The lowest BCUT2D eigenvalue weighted by molar-refractivity contribution is -0.108. The molecule has 0 unspecified atom stereocenters. The van der Waals surface area contributed by atoms with E-state index in [9.17, 15) is 9.59 Å². The summed E-state index contributed by atoms with van der Waals surface area (Å²) in [6.45, 7) is 12.4. The Morgan fingerprint density at radius 2 is 1.20 bits per heavy atom. The molecule has 0 N–H and O–H groups in total. The molecular weight excluding hydrogens is 488 g/mol. The van der Waals surface area contributed by atoms with E-state index in [1.807, 2.05) is 38.1 Å².